The standard InChI is InChI=1S/C23H28O4/c1-23-11-20(24)22-16-6-4-15(26-2)9-13(16)3-5-17(22)19(23)8-7-18(23)14-10-21(25)27-12-14/h4,6,9,14,17-19,22H,3,5,7-8,10-12H2,1-2H3/t14-,17-,18+,19+,22+,23+/m0/s1. The third-order valence-electron chi connectivity index (χ3n) is 8.22. The number of cyclic esters (lactones) is 1. The first kappa shape index (κ1) is 17.3. The highest BCUT2D eigenvalue weighted by Gasteiger charge is 2.59. The van der Waals surface area contributed by atoms with Crippen molar-refractivity contribution in [2.75, 3.05) is 13.7 Å². The molecule has 3 fully saturated rings. The zero-order valence-corrected chi connectivity index (χ0v) is 16.2. The molecular formula is C23H28O4. The van der Waals surface area contributed by atoms with E-state index in [4.69, 9.17) is 9.47 Å². The maximum Gasteiger partial charge on any atom is 0.306 e. The summed E-state index contributed by atoms with van der Waals surface area (Å²) in [6.07, 6.45) is 5.63. The van der Waals surface area contributed by atoms with Crippen LogP contribution in [0.4, 0.5) is 0 Å². The molecule has 0 aromatic heterocycles. The van der Waals surface area contributed by atoms with Gasteiger partial charge in [-0.3, -0.25) is 9.59 Å². The number of ketones is 1. The van der Waals surface area contributed by atoms with Crippen LogP contribution in [-0.4, -0.2) is 25.5 Å². The predicted molar refractivity (Wildman–Crippen MR) is 101 cm³/mol. The predicted octanol–water partition coefficient (Wildman–Crippen LogP) is 3.91. The van der Waals surface area contributed by atoms with Gasteiger partial charge in [-0.25, -0.2) is 0 Å². The van der Waals surface area contributed by atoms with E-state index in [2.05, 4.69) is 19.1 Å². The van der Waals surface area contributed by atoms with Crippen LogP contribution in [0.2, 0.25) is 0 Å². The maximum atomic E-state index is 13.4. The number of rotatable bonds is 2. The third kappa shape index (κ3) is 2.48. The van der Waals surface area contributed by atoms with Crippen molar-refractivity contribution in [2.45, 2.75) is 51.4 Å². The van der Waals surface area contributed by atoms with Gasteiger partial charge in [0.1, 0.15) is 11.5 Å². The maximum absolute atomic E-state index is 13.4. The number of methoxy groups -OCH3 is 1. The summed E-state index contributed by atoms with van der Waals surface area (Å²) < 4.78 is 10.7. The minimum Gasteiger partial charge on any atom is -0.497 e. The first-order valence-electron chi connectivity index (χ1n) is 10.4. The molecule has 0 spiro atoms. The second kappa shape index (κ2) is 6.08. The van der Waals surface area contributed by atoms with E-state index in [0.29, 0.717) is 48.9 Å². The molecule has 0 radical (unpaired) electrons. The smallest absolute Gasteiger partial charge is 0.306 e. The van der Waals surface area contributed by atoms with Crippen molar-refractivity contribution in [2.24, 2.45) is 29.1 Å². The summed E-state index contributed by atoms with van der Waals surface area (Å²) in [4.78, 5) is 25.0. The van der Waals surface area contributed by atoms with Crippen LogP contribution in [0.15, 0.2) is 18.2 Å². The zero-order valence-electron chi connectivity index (χ0n) is 16.2. The van der Waals surface area contributed by atoms with Gasteiger partial charge in [0.15, 0.2) is 0 Å². The molecule has 6 atom stereocenters. The fraction of sp³-hybridized carbons (Fsp3) is 0.652. The van der Waals surface area contributed by atoms with E-state index in [1.165, 1.54) is 17.5 Å². The van der Waals surface area contributed by atoms with Gasteiger partial charge in [-0.1, -0.05) is 13.0 Å². The average Bonchev–Trinajstić information content (AvgIpc) is 3.23. The Morgan fingerprint density at radius 1 is 1.15 bits per heavy atom. The number of carbonyl (C=O) groups excluding carboxylic acids is 2. The molecule has 3 aliphatic carbocycles. The second-order valence-electron chi connectivity index (χ2n) is 9.33. The highest BCUT2D eigenvalue weighted by Crippen LogP contribution is 2.63. The van der Waals surface area contributed by atoms with E-state index >= 15 is 0 Å². The van der Waals surface area contributed by atoms with Gasteiger partial charge >= 0.3 is 5.97 Å². The average molecular weight is 368 g/mol. The summed E-state index contributed by atoms with van der Waals surface area (Å²) in [5.74, 6) is 3.05. The van der Waals surface area contributed by atoms with Crippen molar-refractivity contribution in [1.82, 2.24) is 0 Å². The van der Waals surface area contributed by atoms with Gasteiger partial charge in [-0.15, -0.1) is 0 Å². The van der Waals surface area contributed by atoms with E-state index in [9.17, 15) is 9.59 Å². The fourth-order valence-corrected chi connectivity index (χ4v) is 7.10. The first-order chi connectivity index (χ1) is 13.0. The molecule has 4 heteroatoms. The van der Waals surface area contributed by atoms with Crippen LogP contribution in [-0.2, 0) is 20.7 Å². The van der Waals surface area contributed by atoms with Gasteiger partial charge in [-0.2, -0.15) is 0 Å². The Hall–Kier alpha value is -1.84. The highest BCUT2D eigenvalue weighted by atomic mass is 16.5. The number of fused-ring (bicyclic) bond motifs is 5. The fourth-order valence-electron chi connectivity index (χ4n) is 7.10. The number of Topliss-reactive ketones (excluding diaryl/α,β-unsaturated/α-hetero) is 1. The lowest BCUT2D eigenvalue weighted by atomic mass is 9.52. The lowest BCUT2D eigenvalue weighted by Gasteiger charge is -2.50. The van der Waals surface area contributed by atoms with Gasteiger partial charge < -0.3 is 9.47 Å². The van der Waals surface area contributed by atoms with E-state index in [-0.39, 0.29) is 17.3 Å². The Morgan fingerprint density at radius 2 is 1.96 bits per heavy atom. The van der Waals surface area contributed by atoms with Crippen molar-refractivity contribution in [3.63, 3.8) is 0 Å². The number of hydrogen-bond acceptors (Lipinski definition) is 4. The van der Waals surface area contributed by atoms with E-state index < -0.39 is 0 Å². The summed E-state index contributed by atoms with van der Waals surface area (Å²) in [6.45, 7) is 2.88. The van der Waals surface area contributed by atoms with Gasteiger partial charge in [0.05, 0.1) is 20.1 Å². The van der Waals surface area contributed by atoms with E-state index in [1.54, 1.807) is 7.11 Å². The van der Waals surface area contributed by atoms with Crippen LogP contribution < -0.4 is 4.74 Å². The molecule has 5 rings (SSSR count). The molecular weight excluding hydrogens is 340 g/mol. The Kier molecular flexibility index (Phi) is 3.89. The molecule has 0 unspecified atom stereocenters. The topological polar surface area (TPSA) is 52.6 Å². The molecule has 0 amide bonds. The van der Waals surface area contributed by atoms with Crippen LogP contribution >= 0.6 is 0 Å². The zero-order chi connectivity index (χ0) is 18.8. The minimum atomic E-state index is -0.0624. The lowest BCUT2D eigenvalue weighted by molar-refractivity contribution is -0.138. The number of ether oxygens (including phenoxy) is 2. The molecule has 27 heavy (non-hydrogen) atoms. The summed E-state index contributed by atoms with van der Waals surface area (Å²) in [5.41, 5.74) is 2.56. The van der Waals surface area contributed by atoms with Crippen LogP contribution in [0, 0.1) is 29.1 Å². The molecule has 1 aromatic carbocycles. The van der Waals surface area contributed by atoms with Gasteiger partial charge in [0, 0.05) is 18.3 Å². The highest BCUT2D eigenvalue weighted by molar-refractivity contribution is 5.88. The molecule has 4 aliphatic rings. The SMILES string of the molecule is COc1ccc2c(c1)CC[C@@H]1[C@@H]2C(=O)C[C@]2(C)[C@@H]([C@@H]3COC(=O)C3)CC[C@H]12. The quantitative estimate of drug-likeness (QED) is 0.743. The monoisotopic (exact) mass is 368 g/mol. The van der Waals surface area contributed by atoms with E-state index in [1.807, 2.05) is 6.07 Å². The number of aryl methyl sites for hydroxylation is 1. The number of benzene rings is 1. The van der Waals surface area contributed by atoms with Crippen LogP contribution in [0.5, 0.6) is 5.75 Å². The second-order valence-corrected chi connectivity index (χ2v) is 9.33. The molecule has 1 heterocycles. The Labute approximate surface area is 160 Å². The van der Waals surface area contributed by atoms with Gasteiger partial charge in [-0.05, 0) is 72.1 Å². The summed E-state index contributed by atoms with van der Waals surface area (Å²) in [7, 11) is 1.70. The number of hydrogen-bond donors (Lipinski definition) is 0. The minimum absolute atomic E-state index is 0.0286. The van der Waals surface area contributed by atoms with E-state index in [0.717, 1.165) is 25.0 Å². The van der Waals surface area contributed by atoms with Crippen LogP contribution in [0.1, 0.15) is 56.1 Å². The van der Waals surface area contributed by atoms with Gasteiger partial charge in [0.2, 0.25) is 0 Å². The molecule has 1 saturated heterocycles. The van der Waals surface area contributed by atoms with Crippen molar-refractivity contribution < 1.29 is 19.1 Å². The summed E-state index contributed by atoms with van der Waals surface area (Å²) in [5, 5.41) is 0. The molecule has 0 N–H and O–H groups in total. The number of carbonyl (C=O) groups is 2. The summed E-state index contributed by atoms with van der Waals surface area (Å²) in [6, 6.07) is 6.24. The number of esters is 1. The van der Waals surface area contributed by atoms with Crippen molar-refractivity contribution >= 4 is 11.8 Å². The van der Waals surface area contributed by atoms with Crippen molar-refractivity contribution in [1.29, 1.82) is 0 Å². The lowest BCUT2D eigenvalue weighted by Crippen LogP contribution is -2.48. The van der Waals surface area contributed by atoms with Crippen molar-refractivity contribution in [3.8, 4) is 5.75 Å². The molecule has 144 valence electrons. The van der Waals surface area contributed by atoms with Crippen LogP contribution in [0.3, 0.4) is 0 Å². The molecule has 1 aliphatic heterocycles. The summed E-state index contributed by atoms with van der Waals surface area (Å²) >= 11 is 0. The normalized spacial score (nSPS) is 40.1. The Morgan fingerprint density at radius 3 is 2.70 bits per heavy atom. The molecule has 0 bridgehead atoms. The largest absolute Gasteiger partial charge is 0.497 e. The molecule has 4 nitrogen and oxygen atoms in total. The molecule has 1 aromatic rings. The Balaban J connectivity index is 1.47. The van der Waals surface area contributed by atoms with Crippen molar-refractivity contribution in [3.05, 3.63) is 29.3 Å². The van der Waals surface area contributed by atoms with Gasteiger partial charge in [0.25, 0.3) is 0 Å². The first-order valence-corrected chi connectivity index (χ1v) is 10.4. The van der Waals surface area contributed by atoms with Crippen LogP contribution in [0.25, 0.3) is 0 Å². The third-order valence-corrected chi connectivity index (χ3v) is 8.22. The Bertz CT molecular complexity index is 800. The molecule has 2 saturated carbocycles.